The number of rotatable bonds is 3. The van der Waals surface area contributed by atoms with E-state index in [-0.39, 0.29) is 17.0 Å². The molecule has 0 bridgehead atoms. The molecular formula is C9H12N2O4. The Labute approximate surface area is 86.1 Å². The van der Waals surface area contributed by atoms with Gasteiger partial charge < -0.3 is 15.9 Å². The van der Waals surface area contributed by atoms with Crippen molar-refractivity contribution in [2.45, 2.75) is 13.0 Å². The van der Waals surface area contributed by atoms with E-state index in [9.17, 15) is 15.2 Å². The SMILES string of the molecule is Cc1ccc([N+](=O)[O-])c([C@H](N)CO)c1O. The predicted molar refractivity (Wildman–Crippen MR) is 53.5 cm³/mol. The van der Waals surface area contributed by atoms with Gasteiger partial charge in [0.1, 0.15) is 5.75 Å². The average molecular weight is 212 g/mol. The summed E-state index contributed by atoms with van der Waals surface area (Å²) in [5.74, 6) is -0.231. The van der Waals surface area contributed by atoms with Crippen molar-refractivity contribution in [3.8, 4) is 5.75 Å². The van der Waals surface area contributed by atoms with Gasteiger partial charge in [0.25, 0.3) is 5.69 Å². The van der Waals surface area contributed by atoms with Crippen LogP contribution < -0.4 is 5.73 Å². The third-order valence-corrected chi connectivity index (χ3v) is 2.16. The fourth-order valence-corrected chi connectivity index (χ4v) is 1.32. The van der Waals surface area contributed by atoms with E-state index in [1.54, 1.807) is 6.92 Å². The highest BCUT2D eigenvalue weighted by Crippen LogP contribution is 2.34. The molecule has 6 nitrogen and oxygen atoms in total. The van der Waals surface area contributed by atoms with Crippen LogP contribution in [0.2, 0.25) is 0 Å². The molecule has 6 heteroatoms. The lowest BCUT2D eigenvalue weighted by molar-refractivity contribution is -0.385. The van der Waals surface area contributed by atoms with Gasteiger partial charge in [-0.05, 0) is 18.6 Å². The molecule has 0 radical (unpaired) electrons. The first-order valence-corrected chi connectivity index (χ1v) is 4.32. The Morgan fingerprint density at radius 3 is 2.67 bits per heavy atom. The summed E-state index contributed by atoms with van der Waals surface area (Å²) in [7, 11) is 0. The van der Waals surface area contributed by atoms with Gasteiger partial charge in [-0.15, -0.1) is 0 Å². The zero-order valence-corrected chi connectivity index (χ0v) is 8.17. The molecule has 0 saturated carbocycles. The van der Waals surface area contributed by atoms with Crippen LogP contribution in [-0.4, -0.2) is 21.7 Å². The van der Waals surface area contributed by atoms with Crippen LogP contribution in [-0.2, 0) is 0 Å². The molecule has 0 spiro atoms. The molecule has 0 amide bonds. The number of aromatic hydroxyl groups is 1. The summed E-state index contributed by atoms with van der Waals surface area (Å²) in [6, 6.07) is 1.74. The van der Waals surface area contributed by atoms with Crippen LogP contribution in [0.1, 0.15) is 17.2 Å². The van der Waals surface area contributed by atoms with Crippen molar-refractivity contribution in [2.75, 3.05) is 6.61 Å². The van der Waals surface area contributed by atoms with Gasteiger partial charge in [0.2, 0.25) is 0 Å². The second kappa shape index (κ2) is 4.24. The quantitative estimate of drug-likeness (QED) is 0.502. The number of nitro groups is 1. The Bertz CT molecular complexity index is 392. The molecule has 0 saturated heterocycles. The minimum Gasteiger partial charge on any atom is -0.507 e. The first kappa shape index (κ1) is 11.4. The van der Waals surface area contributed by atoms with Crippen molar-refractivity contribution in [3.63, 3.8) is 0 Å². The molecule has 0 aromatic heterocycles. The number of aliphatic hydroxyl groups excluding tert-OH is 1. The topological polar surface area (TPSA) is 110 Å². The van der Waals surface area contributed by atoms with Gasteiger partial charge >= 0.3 is 0 Å². The molecule has 1 aromatic carbocycles. The lowest BCUT2D eigenvalue weighted by atomic mass is 10.0. The lowest BCUT2D eigenvalue weighted by Gasteiger charge is -2.12. The highest BCUT2D eigenvalue weighted by molar-refractivity contribution is 5.54. The number of aryl methyl sites for hydroxylation is 1. The molecule has 0 aliphatic heterocycles. The largest absolute Gasteiger partial charge is 0.507 e. The fraction of sp³-hybridized carbons (Fsp3) is 0.333. The van der Waals surface area contributed by atoms with Gasteiger partial charge in [0, 0.05) is 6.07 Å². The van der Waals surface area contributed by atoms with Gasteiger partial charge in [-0.1, -0.05) is 0 Å². The van der Waals surface area contributed by atoms with Gasteiger partial charge in [-0.2, -0.15) is 0 Å². The van der Waals surface area contributed by atoms with Gasteiger partial charge in [0.15, 0.2) is 0 Å². The number of hydrogen-bond acceptors (Lipinski definition) is 5. The van der Waals surface area contributed by atoms with Crippen molar-refractivity contribution in [1.82, 2.24) is 0 Å². The molecule has 82 valence electrons. The molecule has 15 heavy (non-hydrogen) atoms. The van der Waals surface area contributed by atoms with Crippen LogP contribution in [0, 0.1) is 17.0 Å². The van der Waals surface area contributed by atoms with Crippen LogP contribution in [0.4, 0.5) is 5.69 Å². The number of aliphatic hydroxyl groups is 1. The maximum absolute atomic E-state index is 10.7. The van der Waals surface area contributed by atoms with Crippen LogP contribution in [0.5, 0.6) is 5.75 Å². The van der Waals surface area contributed by atoms with E-state index in [0.29, 0.717) is 5.56 Å². The van der Waals surface area contributed by atoms with Crippen LogP contribution in [0.25, 0.3) is 0 Å². The molecule has 1 aromatic rings. The van der Waals surface area contributed by atoms with Crippen molar-refractivity contribution in [3.05, 3.63) is 33.4 Å². The third kappa shape index (κ3) is 2.05. The Morgan fingerprint density at radius 1 is 1.60 bits per heavy atom. The Kier molecular flexibility index (Phi) is 3.23. The van der Waals surface area contributed by atoms with E-state index in [1.807, 2.05) is 0 Å². The van der Waals surface area contributed by atoms with Crippen molar-refractivity contribution < 1.29 is 15.1 Å². The maximum atomic E-state index is 10.7. The highest BCUT2D eigenvalue weighted by Gasteiger charge is 2.23. The Balaban J connectivity index is 3.41. The summed E-state index contributed by atoms with van der Waals surface area (Å²) in [4.78, 5) is 10.0. The molecule has 0 fully saturated rings. The predicted octanol–water partition coefficient (Wildman–Crippen LogP) is 0.601. The zero-order chi connectivity index (χ0) is 11.6. The van der Waals surface area contributed by atoms with E-state index in [1.165, 1.54) is 12.1 Å². The first-order chi connectivity index (χ1) is 6.99. The molecule has 1 atom stereocenters. The molecule has 0 unspecified atom stereocenters. The van der Waals surface area contributed by atoms with E-state index >= 15 is 0 Å². The minimum absolute atomic E-state index is 0.0255. The first-order valence-electron chi connectivity index (χ1n) is 4.32. The minimum atomic E-state index is -0.953. The average Bonchev–Trinajstić information content (AvgIpc) is 2.20. The van der Waals surface area contributed by atoms with Gasteiger partial charge in [0.05, 0.1) is 23.1 Å². The van der Waals surface area contributed by atoms with Crippen molar-refractivity contribution in [2.24, 2.45) is 5.73 Å². The molecular weight excluding hydrogens is 200 g/mol. The van der Waals surface area contributed by atoms with E-state index in [2.05, 4.69) is 0 Å². The second-order valence-electron chi connectivity index (χ2n) is 3.21. The summed E-state index contributed by atoms with van der Waals surface area (Å²) >= 11 is 0. The smallest absolute Gasteiger partial charge is 0.277 e. The van der Waals surface area contributed by atoms with Crippen molar-refractivity contribution >= 4 is 5.69 Å². The number of hydrogen-bond donors (Lipinski definition) is 3. The lowest BCUT2D eigenvalue weighted by Crippen LogP contribution is -2.16. The molecule has 0 aliphatic carbocycles. The van der Waals surface area contributed by atoms with Crippen LogP contribution in [0.3, 0.4) is 0 Å². The van der Waals surface area contributed by atoms with Gasteiger partial charge in [-0.3, -0.25) is 10.1 Å². The molecule has 0 aliphatic rings. The number of benzene rings is 1. The molecule has 0 heterocycles. The number of nitro benzene ring substituents is 1. The van der Waals surface area contributed by atoms with E-state index in [0.717, 1.165) is 0 Å². The fourth-order valence-electron chi connectivity index (χ4n) is 1.32. The summed E-state index contributed by atoms with van der Waals surface area (Å²) in [6.45, 7) is 1.14. The summed E-state index contributed by atoms with van der Waals surface area (Å²) in [5, 5.41) is 29.1. The van der Waals surface area contributed by atoms with Crippen LogP contribution >= 0.6 is 0 Å². The van der Waals surface area contributed by atoms with E-state index < -0.39 is 17.6 Å². The number of nitrogens with two attached hydrogens (primary N) is 1. The number of phenolic OH excluding ortho intramolecular Hbond substituents is 1. The number of phenols is 1. The Morgan fingerprint density at radius 2 is 2.20 bits per heavy atom. The summed E-state index contributed by atoms with van der Waals surface area (Å²) in [6.07, 6.45) is 0. The molecule has 1 rings (SSSR count). The normalized spacial score (nSPS) is 12.5. The van der Waals surface area contributed by atoms with Crippen LogP contribution in [0.15, 0.2) is 12.1 Å². The second-order valence-corrected chi connectivity index (χ2v) is 3.21. The zero-order valence-electron chi connectivity index (χ0n) is 8.17. The Hall–Kier alpha value is -1.66. The third-order valence-electron chi connectivity index (χ3n) is 2.16. The molecule has 4 N–H and O–H groups in total. The summed E-state index contributed by atoms with van der Waals surface area (Å²) in [5.41, 5.74) is 5.67. The van der Waals surface area contributed by atoms with Crippen molar-refractivity contribution in [1.29, 1.82) is 0 Å². The summed E-state index contributed by atoms with van der Waals surface area (Å²) < 4.78 is 0. The standard InChI is InChI=1S/C9H12N2O4/c1-5-2-3-7(11(14)15)8(9(5)13)6(10)4-12/h2-3,6,12-13H,4,10H2,1H3/t6-/m1/s1. The van der Waals surface area contributed by atoms with E-state index in [4.69, 9.17) is 10.8 Å². The highest BCUT2D eigenvalue weighted by atomic mass is 16.6. The number of nitrogens with zero attached hydrogens (tertiary/aromatic N) is 1. The monoisotopic (exact) mass is 212 g/mol. The van der Waals surface area contributed by atoms with Gasteiger partial charge in [-0.25, -0.2) is 0 Å². The maximum Gasteiger partial charge on any atom is 0.277 e.